The van der Waals surface area contributed by atoms with Crippen molar-refractivity contribution in [2.24, 2.45) is 0 Å². The topological polar surface area (TPSA) is 51.8 Å². The zero-order valence-corrected chi connectivity index (χ0v) is 15.3. The van der Waals surface area contributed by atoms with E-state index in [1.165, 1.54) is 22.3 Å². The van der Waals surface area contributed by atoms with Gasteiger partial charge in [-0.25, -0.2) is 4.98 Å². The van der Waals surface area contributed by atoms with Gasteiger partial charge in [0.05, 0.1) is 5.52 Å². The summed E-state index contributed by atoms with van der Waals surface area (Å²) >= 11 is 0. The quantitative estimate of drug-likeness (QED) is 0.530. The lowest BCUT2D eigenvalue weighted by Crippen LogP contribution is -2.00. The molecule has 2 aromatic heterocycles. The van der Waals surface area contributed by atoms with E-state index in [1.807, 2.05) is 6.20 Å². The maximum absolute atomic E-state index is 6.21. The molecule has 4 rings (SSSR count). The molecule has 0 amide bonds. The van der Waals surface area contributed by atoms with Crippen molar-refractivity contribution in [3.05, 3.63) is 77.0 Å². The number of benzene rings is 2. The van der Waals surface area contributed by atoms with Crippen LogP contribution in [0, 0.1) is 6.92 Å². The zero-order valence-electron chi connectivity index (χ0n) is 15.3. The highest BCUT2D eigenvalue weighted by molar-refractivity contribution is 6.09. The van der Waals surface area contributed by atoms with E-state index in [2.05, 4.69) is 72.3 Å². The van der Waals surface area contributed by atoms with Gasteiger partial charge in [0.15, 0.2) is 5.82 Å². The van der Waals surface area contributed by atoms with Crippen LogP contribution in [0.5, 0.6) is 0 Å². The number of rotatable bonds is 4. The first kappa shape index (κ1) is 16.5. The Morgan fingerprint density at radius 2 is 1.69 bits per heavy atom. The highest BCUT2D eigenvalue weighted by Gasteiger charge is 2.11. The molecule has 4 aromatic rings. The van der Waals surface area contributed by atoms with Crippen LogP contribution in [0.1, 0.15) is 29.2 Å². The minimum Gasteiger partial charge on any atom is -0.382 e. The monoisotopic (exact) mass is 341 g/mol. The number of nitrogens with zero attached hydrogens (tertiary/aromatic N) is 2. The molecule has 0 fully saturated rings. The number of hydrogen-bond acceptors (Lipinski definition) is 3. The van der Waals surface area contributed by atoms with Gasteiger partial charge in [-0.15, -0.1) is 0 Å². The first-order valence-electron chi connectivity index (χ1n) is 9.17. The molecule has 2 heterocycles. The van der Waals surface area contributed by atoms with Crippen LogP contribution in [-0.4, -0.2) is 9.97 Å². The highest BCUT2D eigenvalue weighted by atomic mass is 14.9. The first-order chi connectivity index (χ1) is 12.7. The van der Waals surface area contributed by atoms with Gasteiger partial charge in [0.2, 0.25) is 0 Å². The second-order valence-electron chi connectivity index (χ2n) is 6.88. The van der Waals surface area contributed by atoms with E-state index >= 15 is 0 Å². The lowest BCUT2D eigenvalue weighted by molar-refractivity contribution is 0.964. The Hall–Kier alpha value is -2.94. The standard InChI is InChI=1S/C23H23N3/c1-3-16-5-7-17(8-6-16)9-10-18-12-13-25-22-21(18)19-11-4-15(2)14-20(19)26-23(22)24/h4-8,11-14H,3,9-10H2,1-2H3,(H2,24,26). The van der Waals surface area contributed by atoms with Crippen LogP contribution in [0.3, 0.4) is 0 Å². The molecule has 0 atom stereocenters. The third-order valence-corrected chi connectivity index (χ3v) is 5.06. The molecule has 0 spiro atoms. The highest BCUT2D eigenvalue weighted by Crippen LogP contribution is 2.30. The number of anilines is 1. The molecule has 26 heavy (non-hydrogen) atoms. The number of pyridine rings is 2. The van der Waals surface area contributed by atoms with Crippen molar-refractivity contribution in [2.75, 3.05) is 5.73 Å². The number of hydrogen-bond donors (Lipinski definition) is 1. The lowest BCUT2D eigenvalue weighted by atomic mass is 9.97. The minimum atomic E-state index is 0.507. The Bertz CT molecular complexity index is 1080. The molecule has 2 aromatic carbocycles. The van der Waals surface area contributed by atoms with Gasteiger partial charge in [-0.1, -0.05) is 43.3 Å². The van der Waals surface area contributed by atoms with Gasteiger partial charge in [-0.05, 0) is 60.6 Å². The number of aromatic nitrogens is 2. The van der Waals surface area contributed by atoms with E-state index in [0.717, 1.165) is 41.1 Å². The predicted molar refractivity (Wildman–Crippen MR) is 109 cm³/mol. The van der Waals surface area contributed by atoms with Gasteiger partial charge in [0, 0.05) is 17.0 Å². The van der Waals surface area contributed by atoms with E-state index in [0.29, 0.717) is 5.82 Å². The summed E-state index contributed by atoms with van der Waals surface area (Å²) in [5.74, 6) is 0.507. The fraction of sp³-hybridized carbons (Fsp3) is 0.217. The Labute approximate surface area is 153 Å². The van der Waals surface area contributed by atoms with E-state index < -0.39 is 0 Å². The third-order valence-electron chi connectivity index (χ3n) is 5.06. The fourth-order valence-electron chi connectivity index (χ4n) is 3.55. The van der Waals surface area contributed by atoms with Gasteiger partial charge < -0.3 is 5.73 Å². The SMILES string of the molecule is CCc1ccc(CCc2ccnc3c(N)nc4cc(C)ccc4c23)cc1. The Balaban J connectivity index is 1.77. The zero-order chi connectivity index (χ0) is 18.1. The van der Waals surface area contributed by atoms with Gasteiger partial charge in [0.25, 0.3) is 0 Å². The molecule has 0 aliphatic heterocycles. The number of nitrogen functional groups attached to an aromatic ring is 1. The first-order valence-corrected chi connectivity index (χ1v) is 9.17. The van der Waals surface area contributed by atoms with Crippen molar-refractivity contribution in [3.8, 4) is 0 Å². The summed E-state index contributed by atoms with van der Waals surface area (Å²) < 4.78 is 0. The Kier molecular flexibility index (Phi) is 4.29. The predicted octanol–water partition coefficient (Wildman–Crippen LogP) is 5.02. The Morgan fingerprint density at radius 1 is 0.923 bits per heavy atom. The molecule has 0 saturated heterocycles. The molecule has 0 radical (unpaired) electrons. The van der Waals surface area contributed by atoms with Crippen LogP contribution in [0.15, 0.2) is 54.7 Å². The fourth-order valence-corrected chi connectivity index (χ4v) is 3.55. The molecular weight excluding hydrogens is 318 g/mol. The van der Waals surface area contributed by atoms with Crippen LogP contribution in [0.2, 0.25) is 0 Å². The Morgan fingerprint density at radius 3 is 2.46 bits per heavy atom. The average Bonchev–Trinajstić information content (AvgIpc) is 2.66. The second kappa shape index (κ2) is 6.75. The van der Waals surface area contributed by atoms with Crippen molar-refractivity contribution in [2.45, 2.75) is 33.1 Å². The molecule has 0 bridgehead atoms. The summed E-state index contributed by atoms with van der Waals surface area (Å²) in [4.78, 5) is 9.06. The van der Waals surface area contributed by atoms with Crippen molar-refractivity contribution >= 4 is 27.6 Å². The largest absolute Gasteiger partial charge is 0.382 e. The molecule has 0 saturated carbocycles. The number of fused-ring (bicyclic) bond motifs is 3. The van der Waals surface area contributed by atoms with E-state index in [1.54, 1.807) is 0 Å². The second-order valence-corrected chi connectivity index (χ2v) is 6.88. The molecular formula is C23H23N3. The van der Waals surface area contributed by atoms with Crippen LogP contribution in [0.25, 0.3) is 21.8 Å². The molecule has 3 heteroatoms. The van der Waals surface area contributed by atoms with E-state index in [4.69, 9.17) is 5.73 Å². The molecule has 0 aliphatic rings. The summed E-state index contributed by atoms with van der Waals surface area (Å²) in [6.45, 7) is 4.26. The summed E-state index contributed by atoms with van der Waals surface area (Å²) in [5.41, 5.74) is 13.1. The van der Waals surface area contributed by atoms with E-state index in [-0.39, 0.29) is 0 Å². The molecule has 2 N–H and O–H groups in total. The minimum absolute atomic E-state index is 0.507. The van der Waals surface area contributed by atoms with E-state index in [9.17, 15) is 0 Å². The van der Waals surface area contributed by atoms with Crippen molar-refractivity contribution in [1.82, 2.24) is 9.97 Å². The van der Waals surface area contributed by atoms with Crippen LogP contribution in [0.4, 0.5) is 5.82 Å². The van der Waals surface area contributed by atoms with Crippen molar-refractivity contribution < 1.29 is 0 Å². The maximum atomic E-state index is 6.21. The summed E-state index contributed by atoms with van der Waals surface area (Å²) in [6.07, 6.45) is 4.87. The summed E-state index contributed by atoms with van der Waals surface area (Å²) in [6, 6.07) is 17.4. The van der Waals surface area contributed by atoms with Gasteiger partial charge in [0.1, 0.15) is 5.52 Å². The molecule has 0 aliphatic carbocycles. The van der Waals surface area contributed by atoms with Gasteiger partial charge >= 0.3 is 0 Å². The molecule has 130 valence electrons. The van der Waals surface area contributed by atoms with Crippen molar-refractivity contribution in [1.29, 1.82) is 0 Å². The summed E-state index contributed by atoms with van der Waals surface area (Å²) in [7, 11) is 0. The molecule has 0 unspecified atom stereocenters. The third kappa shape index (κ3) is 3.01. The average molecular weight is 341 g/mol. The van der Waals surface area contributed by atoms with Gasteiger partial charge in [-0.2, -0.15) is 0 Å². The van der Waals surface area contributed by atoms with Crippen molar-refractivity contribution in [3.63, 3.8) is 0 Å². The number of aryl methyl sites for hydroxylation is 4. The van der Waals surface area contributed by atoms with Crippen LogP contribution >= 0.6 is 0 Å². The lowest BCUT2D eigenvalue weighted by Gasteiger charge is -2.11. The number of nitrogens with two attached hydrogens (primary N) is 1. The van der Waals surface area contributed by atoms with Crippen LogP contribution in [-0.2, 0) is 19.3 Å². The van der Waals surface area contributed by atoms with Gasteiger partial charge in [-0.3, -0.25) is 4.98 Å². The maximum Gasteiger partial charge on any atom is 0.150 e. The normalized spacial score (nSPS) is 11.3. The molecule has 3 nitrogen and oxygen atoms in total. The van der Waals surface area contributed by atoms with Crippen LogP contribution < -0.4 is 5.73 Å². The smallest absolute Gasteiger partial charge is 0.150 e. The summed E-state index contributed by atoms with van der Waals surface area (Å²) in [5, 5.41) is 2.27.